The topological polar surface area (TPSA) is 60.4 Å². The lowest BCUT2D eigenvalue weighted by Gasteiger charge is -2.38. The average Bonchev–Trinajstić information content (AvgIpc) is 3.29. The van der Waals surface area contributed by atoms with Crippen LogP contribution >= 0.6 is 0 Å². The molecule has 2 atom stereocenters. The Morgan fingerprint density at radius 2 is 1.84 bits per heavy atom. The van der Waals surface area contributed by atoms with Crippen LogP contribution in [0.15, 0.2) is 77.9 Å². The smallest absolute Gasteiger partial charge is 0.337 e. The fourth-order valence-electron chi connectivity index (χ4n) is 4.13. The Bertz CT molecular complexity index is 1160. The van der Waals surface area contributed by atoms with Crippen LogP contribution in [0.5, 0.6) is 11.5 Å². The van der Waals surface area contributed by atoms with Crippen molar-refractivity contribution in [3.8, 4) is 11.5 Å². The molecule has 2 heterocycles. The van der Waals surface area contributed by atoms with Gasteiger partial charge in [-0.15, -0.1) is 0 Å². The number of fused-ring (bicyclic) bond motifs is 3. The van der Waals surface area contributed by atoms with E-state index in [4.69, 9.17) is 19.3 Å². The molecule has 2 aliphatic heterocycles. The third-order valence-electron chi connectivity index (χ3n) is 5.72. The lowest BCUT2D eigenvalue weighted by Crippen LogP contribution is -2.33. The molecule has 0 saturated heterocycles. The summed E-state index contributed by atoms with van der Waals surface area (Å²) in [6.45, 7) is 0. The summed E-state index contributed by atoms with van der Waals surface area (Å²) in [5.41, 5.74) is 4.56. The molecule has 0 amide bonds. The minimum atomic E-state index is -0.394. The summed E-state index contributed by atoms with van der Waals surface area (Å²) in [6, 6.07) is 23.4. The second kappa shape index (κ2) is 7.80. The zero-order valence-electron chi connectivity index (χ0n) is 17.3. The quantitative estimate of drug-likeness (QED) is 0.578. The summed E-state index contributed by atoms with van der Waals surface area (Å²) in [4.78, 5) is 11.8. The predicted octanol–water partition coefficient (Wildman–Crippen LogP) is 4.72. The average molecular weight is 414 g/mol. The number of carbonyl (C=O) groups is 1. The molecular weight excluding hydrogens is 392 g/mol. The fourth-order valence-corrected chi connectivity index (χ4v) is 4.13. The molecular formula is C25H22N2O4. The number of ether oxygens (including phenoxy) is 3. The van der Waals surface area contributed by atoms with E-state index in [1.807, 2.05) is 59.6 Å². The Morgan fingerprint density at radius 3 is 2.61 bits per heavy atom. The number of carbonyl (C=O) groups excluding carboxylic acids is 1. The van der Waals surface area contributed by atoms with Gasteiger partial charge >= 0.3 is 5.97 Å². The summed E-state index contributed by atoms with van der Waals surface area (Å²) in [5.74, 6) is 1.29. The maximum absolute atomic E-state index is 11.8. The number of hydrogen-bond donors (Lipinski definition) is 0. The molecule has 6 nitrogen and oxygen atoms in total. The van der Waals surface area contributed by atoms with Gasteiger partial charge < -0.3 is 14.2 Å². The summed E-state index contributed by atoms with van der Waals surface area (Å²) >= 11 is 0. The van der Waals surface area contributed by atoms with Gasteiger partial charge in [0.15, 0.2) is 0 Å². The van der Waals surface area contributed by atoms with Crippen molar-refractivity contribution < 1.29 is 19.0 Å². The Morgan fingerprint density at radius 1 is 1.03 bits per heavy atom. The van der Waals surface area contributed by atoms with Crippen LogP contribution in [0.2, 0.25) is 0 Å². The minimum Gasteiger partial charge on any atom is -0.497 e. The van der Waals surface area contributed by atoms with Crippen molar-refractivity contribution in [3.63, 3.8) is 0 Å². The third kappa shape index (κ3) is 3.40. The number of para-hydroxylation sites is 1. The normalized spacial score (nSPS) is 19.0. The van der Waals surface area contributed by atoms with Crippen molar-refractivity contribution in [2.75, 3.05) is 14.2 Å². The predicted molar refractivity (Wildman–Crippen MR) is 116 cm³/mol. The van der Waals surface area contributed by atoms with Crippen molar-refractivity contribution in [2.24, 2.45) is 5.10 Å². The number of methoxy groups -OCH3 is 2. The van der Waals surface area contributed by atoms with Gasteiger partial charge in [-0.05, 0) is 30.3 Å². The van der Waals surface area contributed by atoms with E-state index in [-0.39, 0.29) is 12.0 Å². The molecule has 3 aromatic carbocycles. The molecule has 31 heavy (non-hydrogen) atoms. The van der Waals surface area contributed by atoms with Gasteiger partial charge in [-0.2, -0.15) is 5.10 Å². The second-order valence-corrected chi connectivity index (χ2v) is 7.50. The largest absolute Gasteiger partial charge is 0.497 e. The van der Waals surface area contributed by atoms with Crippen LogP contribution in [-0.2, 0) is 4.74 Å². The van der Waals surface area contributed by atoms with Gasteiger partial charge in [-0.3, -0.25) is 0 Å². The Hall–Kier alpha value is -3.80. The molecule has 0 radical (unpaired) electrons. The SMILES string of the molecule is COC(=O)c1ccc([C@H]2Oc3ccccc3[C@H]3CC(c4cccc(OC)c4)=NN32)cc1. The summed E-state index contributed by atoms with van der Waals surface area (Å²) in [6.07, 6.45) is 0.374. The van der Waals surface area contributed by atoms with Crippen molar-refractivity contribution in [1.29, 1.82) is 0 Å². The van der Waals surface area contributed by atoms with Gasteiger partial charge in [0.25, 0.3) is 0 Å². The van der Waals surface area contributed by atoms with Crippen LogP contribution in [0.3, 0.4) is 0 Å². The molecule has 0 fully saturated rings. The monoisotopic (exact) mass is 414 g/mol. The van der Waals surface area contributed by atoms with Crippen molar-refractivity contribution >= 4 is 11.7 Å². The number of nitrogens with zero attached hydrogens (tertiary/aromatic N) is 2. The number of rotatable bonds is 4. The standard InChI is InChI=1S/C25H22N2O4/c1-29-19-7-5-6-18(14-19)21-15-22-20-8-3-4-9-23(20)31-24(27(22)26-21)16-10-12-17(13-11-16)25(28)30-2/h3-14,22,24H,15H2,1-2H3/t22-,24-/m1/s1. The van der Waals surface area contributed by atoms with E-state index in [9.17, 15) is 4.79 Å². The highest BCUT2D eigenvalue weighted by Crippen LogP contribution is 2.47. The molecule has 0 N–H and O–H groups in total. The molecule has 0 spiro atoms. The molecule has 6 heteroatoms. The number of hydrogen-bond acceptors (Lipinski definition) is 6. The first-order valence-corrected chi connectivity index (χ1v) is 10.1. The van der Waals surface area contributed by atoms with E-state index in [2.05, 4.69) is 6.07 Å². The van der Waals surface area contributed by atoms with E-state index < -0.39 is 6.23 Å². The van der Waals surface area contributed by atoms with Gasteiger partial charge in [0.1, 0.15) is 11.5 Å². The maximum Gasteiger partial charge on any atom is 0.337 e. The van der Waals surface area contributed by atoms with Crippen molar-refractivity contribution in [2.45, 2.75) is 18.7 Å². The Labute approximate surface area is 180 Å². The fraction of sp³-hybridized carbons (Fsp3) is 0.200. The molecule has 5 rings (SSSR count). The highest BCUT2D eigenvalue weighted by molar-refractivity contribution is 6.02. The van der Waals surface area contributed by atoms with E-state index >= 15 is 0 Å². The molecule has 3 aromatic rings. The molecule has 0 unspecified atom stereocenters. The zero-order chi connectivity index (χ0) is 21.4. The molecule has 0 aromatic heterocycles. The second-order valence-electron chi connectivity index (χ2n) is 7.50. The van der Waals surface area contributed by atoms with Gasteiger partial charge in [-0.1, -0.05) is 42.5 Å². The number of hydrazone groups is 1. The van der Waals surface area contributed by atoms with Crippen molar-refractivity contribution in [1.82, 2.24) is 5.01 Å². The first kappa shape index (κ1) is 19.2. The van der Waals surface area contributed by atoms with E-state index in [0.29, 0.717) is 5.56 Å². The lowest BCUT2D eigenvalue weighted by molar-refractivity contribution is -0.0190. The number of esters is 1. The lowest BCUT2D eigenvalue weighted by atomic mass is 9.96. The summed E-state index contributed by atoms with van der Waals surface area (Å²) < 4.78 is 16.6. The van der Waals surface area contributed by atoms with Crippen LogP contribution in [-0.4, -0.2) is 30.9 Å². The Balaban J connectivity index is 1.54. The number of benzene rings is 3. The molecule has 0 aliphatic carbocycles. The van der Waals surface area contributed by atoms with Crippen LogP contribution in [0, 0.1) is 0 Å². The molecule has 0 bridgehead atoms. The van der Waals surface area contributed by atoms with Gasteiger partial charge in [0.2, 0.25) is 6.23 Å². The minimum absolute atomic E-state index is 0.0661. The first-order valence-electron chi connectivity index (χ1n) is 10.1. The summed E-state index contributed by atoms with van der Waals surface area (Å²) in [5, 5.41) is 6.98. The van der Waals surface area contributed by atoms with Gasteiger partial charge in [0, 0.05) is 23.1 Å². The molecule has 2 aliphatic rings. The van der Waals surface area contributed by atoms with E-state index in [0.717, 1.165) is 40.3 Å². The van der Waals surface area contributed by atoms with E-state index in [1.165, 1.54) is 7.11 Å². The molecule has 0 saturated carbocycles. The highest BCUT2D eigenvalue weighted by atomic mass is 16.5. The zero-order valence-corrected chi connectivity index (χ0v) is 17.3. The maximum atomic E-state index is 11.8. The summed E-state index contributed by atoms with van der Waals surface area (Å²) in [7, 11) is 3.04. The Kier molecular flexibility index (Phi) is 4.82. The molecule has 156 valence electrons. The van der Waals surface area contributed by atoms with Crippen LogP contribution in [0.4, 0.5) is 0 Å². The highest BCUT2D eigenvalue weighted by Gasteiger charge is 2.40. The third-order valence-corrected chi connectivity index (χ3v) is 5.72. The van der Waals surface area contributed by atoms with Crippen LogP contribution in [0.1, 0.15) is 45.7 Å². The van der Waals surface area contributed by atoms with E-state index in [1.54, 1.807) is 19.2 Å². The van der Waals surface area contributed by atoms with Crippen LogP contribution in [0.25, 0.3) is 0 Å². The van der Waals surface area contributed by atoms with Gasteiger partial charge in [-0.25, -0.2) is 9.80 Å². The first-order chi connectivity index (χ1) is 15.2. The van der Waals surface area contributed by atoms with Crippen molar-refractivity contribution in [3.05, 3.63) is 95.1 Å². The van der Waals surface area contributed by atoms with Gasteiger partial charge in [0.05, 0.1) is 31.5 Å². The van der Waals surface area contributed by atoms with Crippen LogP contribution < -0.4 is 9.47 Å².